The molecule has 1 nitrogen and oxygen atoms in total. The van der Waals surface area contributed by atoms with Crippen LogP contribution in [0.1, 0.15) is 36.4 Å². The van der Waals surface area contributed by atoms with Gasteiger partial charge in [0.2, 0.25) is 0 Å². The lowest BCUT2D eigenvalue weighted by molar-refractivity contribution is 0.411. The molecule has 0 bridgehead atoms. The van der Waals surface area contributed by atoms with Crippen molar-refractivity contribution in [1.82, 2.24) is 0 Å². The minimum Gasteiger partial charge on any atom is -0.324 e. The Balaban J connectivity index is 1.70. The van der Waals surface area contributed by atoms with Gasteiger partial charge in [-0.2, -0.15) is 0 Å². The summed E-state index contributed by atoms with van der Waals surface area (Å²) in [5.74, 6) is 2.35. The lowest BCUT2D eigenvalue weighted by Crippen LogP contribution is -2.21. The van der Waals surface area contributed by atoms with E-state index in [-0.39, 0.29) is 6.04 Å². The zero-order valence-electron chi connectivity index (χ0n) is 11.8. The van der Waals surface area contributed by atoms with Gasteiger partial charge in [0.05, 0.1) is 0 Å². The Labute approximate surface area is 125 Å². The van der Waals surface area contributed by atoms with Crippen LogP contribution in [0.2, 0.25) is 0 Å². The number of fused-ring (bicyclic) bond motifs is 1. The van der Waals surface area contributed by atoms with E-state index < -0.39 is 0 Å². The Morgan fingerprint density at radius 3 is 2.60 bits per heavy atom. The largest absolute Gasteiger partial charge is 0.324 e. The highest BCUT2D eigenvalue weighted by molar-refractivity contribution is 7.99. The first-order valence-electron chi connectivity index (χ1n) is 7.28. The van der Waals surface area contributed by atoms with Gasteiger partial charge >= 0.3 is 0 Å². The number of thioether (sulfide) groups is 1. The highest BCUT2D eigenvalue weighted by Crippen LogP contribution is 2.43. The van der Waals surface area contributed by atoms with E-state index in [2.05, 4.69) is 55.5 Å². The molecule has 1 aliphatic heterocycles. The van der Waals surface area contributed by atoms with Gasteiger partial charge in [-0.3, -0.25) is 0 Å². The van der Waals surface area contributed by atoms with Crippen LogP contribution in [0, 0.1) is 5.92 Å². The minimum atomic E-state index is 0.133. The van der Waals surface area contributed by atoms with Crippen molar-refractivity contribution in [1.29, 1.82) is 0 Å². The molecule has 2 aromatic rings. The maximum atomic E-state index is 6.43. The van der Waals surface area contributed by atoms with Gasteiger partial charge in [0.25, 0.3) is 0 Å². The van der Waals surface area contributed by atoms with E-state index in [1.165, 1.54) is 28.2 Å². The van der Waals surface area contributed by atoms with Crippen molar-refractivity contribution in [3.63, 3.8) is 0 Å². The second-order valence-electron chi connectivity index (χ2n) is 5.70. The van der Waals surface area contributed by atoms with Crippen LogP contribution in [-0.2, 0) is 0 Å². The van der Waals surface area contributed by atoms with E-state index in [4.69, 9.17) is 5.73 Å². The lowest BCUT2D eigenvalue weighted by Gasteiger charge is -2.23. The van der Waals surface area contributed by atoms with Gasteiger partial charge in [0, 0.05) is 16.7 Å². The van der Waals surface area contributed by atoms with E-state index in [0.29, 0.717) is 11.8 Å². The van der Waals surface area contributed by atoms with Crippen LogP contribution in [-0.4, -0.2) is 5.75 Å². The maximum Gasteiger partial charge on any atom is 0.0321 e. The van der Waals surface area contributed by atoms with Gasteiger partial charge in [-0.25, -0.2) is 0 Å². The van der Waals surface area contributed by atoms with Crippen LogP contribution in [0.3, 0.4) is 0 Å². The molecule has 1 heterocycles. The quantitative estimate of drug-likeness (QED) is 0.887. The molecular formula is C18H21NS. The van der Waals surface area contributed by atoms with Crippen LogP contribution in [0.4, 0.5) is 0 Å². The molecule has 1 aliphatic rings. The Morgan fingerprint density at radius 2 is 1.80 bits per heavy atom. The number of nitrogens with two attached hydrogens (primary N) is 1. The van der Waals surface area contributed by atoms with Crippen LogP contribution in [0.25, 0.3) is 0 Å². The average Bonchev–Trinajstić information content (AvgIpc) is 2.91. The molecule has 3 rings (SSSR count). The zero-order valence-corrected chi connectivity index (χ0v) is 12.6. The van der Waals surface area contributed by atoms with E-state index >= 15 is 0 Å². The molecular weight excluding hydrogens is 262 g/mol. The molecule has 104 valence electrons. The molecule has 3 atom stereocenters. The fourth-order valence-corrected chi connectivity index (χ4v) is 4.30. The summed E-state index contributed by atoms with van der Waals surface area (Å²) >= 11 is 1.98. The van der Waals surface area contributed by atoms with Gasteiger partial charge in [0.1, 0.15) is 0 Å². The smallest absolute Gasteiger partial charge is 0.0321 e. The second-order valence-corrected chi connectivity index (χ2v) is 6.76. The van der Waals surface area contributed by atoms with Crippen molar-refractivity contribution < 1.29 is 0 Å². The summed E-state index contributed by atoms with van der Waals surface area (Å²) in [6.07, 6.45) is 1.17. The molecule has 0 aliphatic carbocycles. The van der Waals surface area contributed by atoms with Crippen molar-refractivity contribution in [2.24, 2.45) is 11.7 Å². The summed E-state index contributed by atoms with van der Waals surface area (Å²) in [7, 11) is 0. The monoisotopic (exact) mass is 283 g/mol. The summed E-state index contributed by atoms with van der Waals surface area (Å²) < 4.78 is 0. The highest BCUT2D eigenvalue weighted by atomic mass is 32.2. The molecule has 20 heavy (non-hydrogen) atoms. The Morgan fingerprint density at radius 1 is 1.10 bits per heavy atom. The van der Waals surface area contributed by atoms with E-state index in [9.17, 15) is 0 Å². The van der Waals surface area contributed by atoms with Crippen molar-refractivity contribution in [2.75, 3.05) is 5.75 Å². The van der Waals surface area contributed by atoms with Crippen LogP contribution >= 0.6 is 11.8 Å². The summed E-state index contributed by atoms with van der Waals surface area (Å²) in [5.41, 5.74) is 9.20. The number of rotatable bonds is 4. The van der Waals surface area contributed by atoms with Gasteiger partial charge in [-0.15, -0.1) is 11.8 Å². The normalized spacial score (nSPS) is 20.4. The Kier molecular flexibility index (Phi) is 4.13. The van der Waals surface area contributed by atoms with E-state index in [1.54, 1.807) is 0 Å². The third-order valence-corrected chi connectivity index (χ3v) is 5.50. The van der Waals surface area contributed by atoms with Gasteiger partial charge in [0.15, 0.2) is 0 Å². The van der Waals surface area contributed by atoms with Crippen molar-refractivity contribution in [3.8, 4) is 0 Å². The van der Waals surface area contributed by atoms with Crippen molar-refractivity contribution in [3.05, 3.63) is 65.7 Å². The van der Waals surface area contributed by atoms with E-state index in [1.807, 2.05) is 17.8 Å². The second kappa shape index (κ2) is 6.02. The van der Waals surface area contributed by atoms with Gasteiger partial charge < -0.3 is 5.73 Å². The van der Waals surface area contributed by atoms with Crippen molar-refractivity contribution in [2.45, 2.75) is 30.2 Å². The third-order valence-electron chi connectivity index (χ3n) is 4.25. The molecule has 0 saturated carbocycles. The lowest BCUT2D eigenvalue weighted by atomic mass is 9.85. The standard InChI is InChI=1S/C18H21NS/c1-13(18(19)14-7-3-2-4-8-14)11-15-12-20-17-10-6-5-9-16(15)17/h2-10,13,15,18H,11-12,19H2,1H3. The Bertz CT molecular complexity index is 567. The molecule has 0 fully saturated rings. The number of benzene rings is 2. The molecule has 2 N–H and O–H groups in total. The molecule has 2 aromatic carbocycles. The first-order chi connectivity index (χ1) is 9.75. The topological polar surface area (TPSA) is 26.0 Å². The first-order valence-corrected chi connectivity index (χ1v) is 8.26. The van der Waals surface area contributed by atoms with Crippen LogP contribution in [0.15, 0.2) is 59.5 Å². The molecule has 2 heteroatoms. The summed E-state index contributed by atoms with van der Waals surface area (Å²) in [5, 5.41) is 0. The third kappa shape index (κ3) is 2.77. The minimum absolute atomic E-state index is 0.133. The number of hydrogen-bond acceptors (Lipinski definition) is 2. The number of hydrogen-bond donors (Lipinski definition) is 1. The van der Waals surface area contributed by atoms with E-state index in [0.717, 1.165) is 0 Å². The summed E-state index contributed by atoms with van der Waals surface area (Å²) in [6, 6.07) is 19.4. The summed E-state index contributed by atoms with van der Waals surface area (Å²) in [4.78, 5) is 1.46. The predicted molar refractivity (Wildman–Crippen MR) is 87.1 cm³/mol. The maximum absolute atomic E-state index is 6.43. The fourth-order valence-electron chi connectivity index (χ4n) is 3.02. The van der Waals surface area contributed by atoms with Crippen LogP contribution in [0.5, 0.6) is 0 Å². The molecule has 0 amide bonds. The van der Waals surface area contributed by atoms with Gasteiger partial charge in [-0.1, -0.05) is 55.5 Å². The first kappa shape index (κ1) is 13.7. The zero-order chi connectivity index (χ0) is 13.9. The summed E-state index contributed by atoms with van der Waals surface area (Å²) in [6.45, 7) is 2.28. The van der Waals surface area contributed by atoms with Gasteiger partial charge in [-0.05, 0) is 35.4 Å². The average molecular weight is 283 g/mol. The highest BCUT2D eigenvalue weighted by Gasteiger charge is 2.26. The molecule has 0 saturated heterocycles. The fraction of sp³-hybridized carbons (Fsp3) is 0.333. The predicted octanol–water partition coefficient (Wildman–Crippen LogP) is 4.60. The van der Waals surface area contributed by atoms with Crippen molar-refractivity contribution >= 4 is 11.8 Å². The molecule has 3 unspecified atom stereocenters. The molecule has 0 spiro atoms. The van der Waals surface area contributed by atoms with Crippen LogP contribution < -0.4 is 5.73 Å². The molecule has 0 aromatic heterocycles. The Hall–Kier alpha value is -1.25. The SMILES string of the molecule is CC(CC1CSc2ccccc21)C(N)c1ccccc1. The molecule has 0 radical (unpaired) electrons.